The maximum Gasteiger partial charge on any atom is 0.0750 e. The summed E-state index contributed by atoms with van der Waals surface area (Å²) in [5, 5.41) is 13.3. The molecule has 0 heterocycles. The molecule has 0 spiro atoms. The Labute approximate surface area is 114 Å². The van der Waals surface area contributed by atoms with E-state index in [2.05, 4.69) is 49.0 Å². The molecule has 0 bridgehead atoms. The van der Waals surface area contributed by atoms with Crippen LogP contribution in [0.15, 0.2) is 55.1 Å². The van der Waals surface area contributed by atoms with E-state index >= 15 is 0 Å². The fourth-order valence-corrected chi connectivity index (χ4v) is 3.45. The van der Waals surface area contributed by atoms with Gasteiger partial charge in [-0.05, 0) is 42.0 Å². The van der Waals surface area contributed by atoms with Crippen molar-refractivity contribution >= 4 is 10.8 Å². The van der Waals surface area contributed by atoms with E-state index in [4.69, 9.17) is 0 Å². The monoisotopic (exact) mass is 252 g/mol. The molecule has 1 heteroatoms. The Kier molecular flexibility index (Phi) is 3.16. The molecule has 19 heavy (non-hydrogen) atoms. The van der Waals surface area contributed by atoms with Crippen LogP contribution in [-0.4, -0.2) is 10.7 Å². The predicted octanol–water partition coefficient (Wildman–Crippen LogP) is 4.41. The van der Waals surface area contributed by atoms with Gasteiger partial charge in [-0.2, -0.15) is 0 Å². The molecule has 1 saturated carbocycles. The van der Waals surface area contributed by atoms with Gasteiger partial charge in [0.15, 0.2) is 0 Å². The normalized spacial score (nSPS) is 26.7. The summed E-state index contributed by atoms with van der Waals surface area (Å²) in [6.07, 6.45) is 5.59. The molecule has 1 N–H and O–H groups in total. The zero-order chi connectivity index (χ0) is 13.3. The van der Waals surface area contributed by atoms with Gasteiger partial charge in [-0.15, -0.1) is 6.58 Å². The van der Waals surface area contributed by atoms with E-state index in [9.17, 15) is 5.11 Å². The SMILES string of the molecule is C=CC[C@@]1(O)CCC[C@@H]1c1ccc2ccccc2c1. The lowest BCUT2D eigenvalue weighted by atomic mass is 9.82. The van der Waals surface area contributed by atoms with E-state index in [1.54, 1.807) is 0 Å². The molecule has 1 aliphatic carbocycles. The molecule has 0 saturated heterocycles. The number of aliphatic hydroxyl groups is 1. The number of rotatable bonds is 3. The molecule has 0 aliphatic heterocycles. The van der Waals surface area contributed by atoms with Crippen LogP contribution < -0.4 is 0 Å². The highest BCUT2D eigenvalue weighted by atomic mass is 16.3. The smallest absolute Gasteiger partial charge is 0.0750 e. The number of hydrogen-bond acceptors (Lipinski definition) is 1. The van der Waals surface area contributed by atoms with E-state index < -0.39 is 5.60 Å². The van der Waals surface area contributed by atoms with Crippen LogP contribution in [0.2, 0.25) is 0 Å². The van der Waals surface area contributed by atoms with Crippen LogP contribution in [0.25, 0.3) is 10.8 Å². The molecular formula is C18H20O. The first kappa shape index (κ1) is 12.4. The van der Waals surface area contributed by atoms with Crippen LogP contribution in [0.4, 0.5) is 0 Å². The van der Waals surface area contributed by atoms with Crippen molar-refractivity contribution in [2.24, 2.45) is 0 Å². The molecule has 1 aliphatic rings. The van der Waals surface area contributed by atoms with Crippen molar-refractivity contribution in [3.8, 4) is 0 Å². The van der Waals surface area contributed by atoms with Crippen LogP contribution in [0.1, 0.15) is 37.2 Å². The summed E-state index contributed by atoms with van der Waals surface area (Å²) in [6, 6.07) is 15.0. The molecule has 98 valence electrons. The van der Waals surface area contributed by atoms with Crippen LogP contribution >= 0.6 is 0 Å². The second-order valence-electron chi connectivity index (χ2n) is 5.65. The minimum Gasteiger partial charge on any atom is -0.389 e. The van der Waals surface area contributed by atoms with E-state index in [0.717, 1.165) is 19.3 Å². The topological polar surface area (TPSA) is 20.2 Å². The van der Waals surface area contributed by atoms with Crippen molar-refractivity contribution in [3.63, 3.8) is 0 Å². The summed E-state index contributed by atoms with van der Waals surface area (Å²) in [7, 11) is 0. The lowest BCUT2D eigenvalue weighted by Crippen LogP contribution is -2.30. The largest absolute Gasteiger partial charge is 0.389 e. The van der Waals surface area contributed by atoms with Crippen LogP contribution in [0.3, 0.4) is 0 Å². The molecule has 1 nitrogen and oxygen atoms in total. The van der Waals surface area contributed by atoms with Crippen molar-refractivity contribution in [2.75, 3.05) is 0 Å². The fourth-order valence-electron chi connectivity index (χ4n) is 3.45. The van der Waals surface area contributed by atoms with E-state index in [0.29, 0.717) is 6.42 Å². The van der Waals surface area contributed by atoms with Gasteiger partial charge in [0.25, 0.3) is 0 Å². The van der Waals surface area contributed by atoms with E-state index in [1.807, 2.05) is 6.08 Å². The molecule has 2 aromatic rings. The minimum absolute atomic E-state index is 0.245. The number of benzene rings is 2. The van der Waals surface area contributed by atoms with Crippen molar-refractivity contribution in [3.05, 3.63) is 60.7 Å². The zero-order valence-corrected chi connectivity index (χ0v) is 11.2. The summed E-state index contributed by atoms with van der Waals surface area (Å²) in [5.41, 5.74) is 0.671. The molecule has 1 fully saturated rings. The Morgan fingerprint density at radius 1 is 1.21 bits per heavy atom. The number of fused-ring (bicyclic) bond motifs is 1. The molecular weight excluding hydrogens is 232 g/mol. The highest BCUT2D eigenvalue weighted by molar-refractivity contribution is 5.83. The third-order valence-electron chi connectivity index (χ3n) is 4.42. The van der Waals surface area contributed by atoms with Crippen molar-refractivity contribution in [1.82, 2.24) is 0 Å². The van der Waals surface area contributed by atoms with Gasteiger partial charge in [-0.25, -0.2) is 0 Å². The van der Waals surface area contributed by atoms with Crippen molar-refractivity contribution in [2.45, 2.75) is 37.2 Å². The molecule has 0 radical (unpaired) electrons. The first-order chi connectivity index (χ1) is 9.23. The lowest BCUT2D eigenvalue weighted by molar-refractivity contribution is 0.0331. The maximum atomic E-state index is 10.8. The van der Waals surface area contributed by atoms with Crippen molar-refractivity contribution < 1.29 is 5.11 Å². The van der Waals surface area contributed by atoms with Crippen LogP contribution in [0.5, 0.6) is 0 Å². The average Bonchev–Trinajstić information content (AvgIpc) is 2.80. The van der Waals surface area contributed by atoms with Crippen molar-refractivity contribution in [1.29, 1.82) is 0 Å². The minimum atomic E-state index is -0.593. The summed E-state index contributed by atoms with van der Waals surface area (Å²) >= 11 is 0. The quantitative estimate of drug-likeness (QED) is 0.802. The zero-order valence-electron chi connectivity index (χ0n) is 11.2. The average molecular weight is 252 g/mol. The van der Waals surface area contributed by atoms with Gasteiger partial charge in [0.1, 0.15) is 0 Å². The summed E-state index contributed by atoms with van der Waals surface area (Å²) < 4.78 is 0. The van der Waals surface area contributed by atoms with E-state index in [-0.39, 0.29) is 5.92 Å². The van der Waals surface area contributed by atoms with Gasteiger partial charge in [-0.3, -0.25) is 0 Å². The second kappa shape index (κ2) is 4.82. The van der Waals surface area contributed by atoms with Gasteiger partial charge in [0, 0.05) is 5.92 Å². The Bertz CT molecular complexity index is 601. The Morgan fingerprint density at radius 3 is 2.79 bits per heavy atom. The summed E-state index contributed by atoms with van der Waals surface area (Å²) in [4.78, 5) is 0. The van der Waals surface area contributed by atoms with Gasteiger partial charge >= 0.3 is 0 Å². The summed E-state index contributed by atoms with van der Waals surface area (Å²) in [6.45, 7) is 3.79. The highest BCUT2D eigenvalue weighted by Gasteiger charge is 2.40. The second-order valence-corrected chi connectivity index (χ2v) is 5.65. The third kappa shape index (κ3) is 2.19. The van der Waals surface area contributed by atoms with Crippen LogP contribution in [-0.2, 0) is 0 Å². The molecule has 3 rings (SSSR count). The third-order valence-corrected chi connectivity index (χ3v) is 4.42. The van der Waals surface area contributed by atoms with Crippen LogP contribution in [0, 0.1) is 0 Å². The number of hydrogen-bond donors (Lipinski definition) is 1. The molecule has 2 aromatic carbocycles. The Balaban J connectivity index is 2.01. The van der Waals surface area contributed by atoms with E-state index in [1.165, 1.54) is 16.3 Å². The highest BCUT2D eigenvalue weighted by Crippen LogP contribution is 2.45. The first-order valence-corrected chi connectivity index (χ1v) is 7.05. The Morgan fingerprint density at radius 2 is 2.00 bits per heavy atom. The predicted molar refractivity (Wildman–Crippen MR) is 80.3 cm³/mol. The molecule has 0 amide bonds. The summed E-state index contributed by atoms with van der Waals surface area (Å²) in [5.74, 6) is 0.245. The molecule has 0 unspecified atom stereocenters. The Hall–Kier alpha value is -1.60. The molecule has 0 aromatic heterocycles. The standard InChI is InChI=1S/C18H20O/c1-2-11-18(19)12-5-8-17(18)16-10-9-14-6-3-4-7-15(14)13-16/h2-4,6-7,9-10,13,17,19H,1,5,8,11-12H2/t17-,18-/m1/s1. The van der Waals surface area contributed by atoms with Gasteiger partial charge in [-0.1, -0.05) is 48.5 Å². The fraction of sp³-hybridized carbons (Fsp3) is 0.333. The first-order valence-electron chi connectivity index (χ1n) is 7.05. The molecule has 2 atom stereocenters. The van der Waals surface area contributed by atoms with Gasteiger partial charge in [0.05, 0.1) is 5.60 Å². The van der Waals surface area contributed by atoms with Gasteiger partial charge in [0.2, 0.25) is 0 Å². The lowest BCUT2D eigenvalue weighted by Gasteiger charge is -2.29. The van der Waals surface area contributed by atoms with Gasteiger partial charge < -0.3 is 5.11 Å². The maximum absolute atomic E-state index is 10.8.